The highest BCUT2D eigenvalue weighted by Gasteiger charge is 2.38. The number of benzene rings is 3. The Hall–Kier alpha value is -4.39. The zero-order valence-corrected chi connectivity index (χ0v) is 17.3. The minimum atomic E-state index is -4.79. The monoisotopic (exact) mass is 471 g/mol. The first-order valence-electron chi connectivity index (χ1n) is 9.87. The van der Waals surface area contributed by atoms with Crippen molar-refractivity contribution in [1.82, 2.24) is 0 Å². The quantitative estimate of drug-likeness (QED) is 0.513. The molecule has 174 valence electrons. The second kappa shape index (κ2) is 9.23. The van der Waals surface area contributed by atoms with Crippen LogP contribution in [-0.4, -0.2) is 17.9 Å². The molecule has 4 rings (SSSR count). The number of nitriles is 1. The number of hydrogen-bond donors (Lipinski definition) is 1. The maximum atomic E-state index is 13.4. The number of rotatable bonds is 7. The molecule has 0 unspecified atom stereocenters. The highest BCUT2D eigenvalue weighted by molar-refractivity contribution is 5.75. The highest BCUT2D eigenvalue weighted by atomic mass is 19.4. The van der Waals surface area contributed by atoms with Crippen molar-refractivity contribution in [2.75, 3.05) is 6.79 Å². The van der Waals surface area contributed by atoms with Gasteiger partial charge in [-0.2, -0.15) is 18.4 Å². The number of alkyl halides is 3. The van der Waals surface area contributed by atoms with Crippen molar-refractivity contribution in [2.24, 2.45) is 0 Å². The van der Waals surface area contributed by atoms with Crippen LogP contribution in [0.25, 0.3) is 0 Å². The van der Waals surface area contributed by atoms with Gasteiger partial charge in [-0.25, -0.2) is 4.79 Å². The summed E-state index contributed by atoms with van der Waals surface area (Å²) in [5, 5.41) is 19.0. The number of halogens is 3. The summed E-state index contributed by atoms with van der Waals surface area (Å²) in [4.78, 5) is 11.8. The SMILES string of the molecule is N#Cc1ccc(OCc2ccc3c(c2)OCO3)cc1O[C@H](C(=O)O)c1ccccc1C(F)(F)F. The van der Waals surface area contributed by atoms with Crippen LogP contribution in [-0.2, 0) is 17.6 Å². The Bertz CT molecular complexity index is 1270. The zero-order valence-electron chi connectivity index (χ0n) is 17.3. The number of nitrogens with zero attached hydrogens (tertiary/aromatic N) is 1. The van der Waals surface area contributed by atoms with Gasteiger partial charge in [0.1, 0.15) is 24.2 Å². The van der Waals surface area contributed by atoms with E-state index in [4.69, 9.17) is 18.9 Å². The average Bonchev–Trinajstić information content (AvgIpc) is 3.28. The van der Waals surface area contributed by atoms with Crippen molar-refractivity contribution in [1.29, 1.82) is 5.26 Å². The van der Waals surface area contributed by atoms with Crippen LogP contribution in [0.15, 0.2) is 60.7 Å². The van der Waals surface area contributed by atoms with Crippen LogP contribution < -0.4 is 18.9 Å². The molecule has 1 atom stereocenters. The van der Waals surface area contributed by atoms with E-state index in [2.05, 4.69) is 0 Å². The van der Waals surface area contributed by atoms with Crippen molar-refractivity contribution in [2.45, 2.75) is 18.9 Å². The van der Waals surface area contributed by atoms with E-state index >= 15 is 0 Å². The van der Waals surface area contributed by atoms with Crippen LogP contribution in [0.3, 0.4) is 0 Å². The van der Waals surface area contributed by atoms with Crippen molar-refractivity contribution >= 4 is 5.97 Å². The first-order chi connectivity index (χ1) is 16.3. The maximum absolute atomic E-state index is 13.4. The van der Waals surface area contributed by atoms with Gasteiger partial charge in [-0.3, -0.25) is 0 Å². The lowest BCUT2D eigenvalue weighted by Gasteiger charge is -2.20. The Morgan fingerprint density at radius 3 is 2.59 bits per heavy atom. The number of hydrogen-bond acceptors (Lipinski definition) is 6. The smallest absolute Gasteiger partial charge is 0.416 e. The maximum Gasteiger partial charge on any atom is 0.416 e. The molecule has 0 saturated carbocycles. The Morgan fingerprint density at radius 1 is 1.09 bits per heavy atom. The zero-order chi connectivity index (χ0) is 24.3. The van der Waals surface area contributed by atoms with Gasteiger partial charge in [0, 0.05) is 11.6 Å². The summed E-state index contributed by atoms with van der Waals surface area (Å²) in [5.41, 5.74) is -1.04. The van der Waals surface area contributed by atoms with Crippen LogP contribution in [0.2, 0.25) is 0 Å². The molecular weight excluding hydrogens is 455 g/mol. The molecule has 0 saturated heterocycles. The summed E-state index contributed by atoms with van der Waals surface area (Å²) in [5.74, 6) is -0.475. The third kappa shape index (κ3) is 4.83. The molecule has 3 aromatic carbocycles. The summed E-state index contributed by atoms with van der Waals surface area (Å²) < 4.78 is 62.0. The molecule has 1 aliphatic rings. The Kier molecular flexibility index (Phi) is 6.19. The van der Waals surface area contributed by atoms with Crippen LogP contribution in [0.4, 0.5) is 13.2 Å². The topological polar surface area (TPSA) is 98.0 Å². The third-order valence-corrected chi connectivity index (χ3v) is 4.93. The largest absolute Gasteiger partial charge is 0.489 e. The van der Waals surface area contributed by atoms with E-state index in [1.165, 1.54) is 24.3 Å². The van der Waals surface area contributed by atoms with Crippen LogP contribution in [0, 0.1) is 11.3 Å². The van der Waals surface area contributed by atoms with Gasteiger partial charge in [-0.15, -0.1) is 0 Å². The van der Waals surface area contributed by atoms with Crippen molar-refractivity contribution in [3.63, 3.8) is 0 Å². The number of carbonyl (C=O) groups is 1. The van der Waals surface area contributed by atoms with Crippen LogP contribution >= 0.6 is 0 Å². The first kappa shape index (κ1) is 22.8. The van der Waals surface area contributed by atoms with E-state index in [0.29, 0.717) is 11.5 Å². The normalized spacial score (nSPS) is 13.1. The van der Waals surface area contributed by atoms with Crippen molar-refractivity contribution < 1.29 is 42.0 Å². The van der Waals surface area contributed by atoms with Crippen LogP contribution in [0.1, 0.15) is 28.4 Å². The van der Waals surface area contributed by atoms with E-state index in [1.54, 1.807) is 18.2 Å². The molecule has 1 N–H and O–H groups in total. The molecule has 0 aliphatic carbocycles. The van der Waals surface area contributed by atoms with Gasteiger partial charge in [-0.1, -0.05) is 24.3 Å². The molecule has 1 heterocycles. The second-order valence-corrected chi connectivity index (χ2v) is 7.17. The minimum absolute atomic E-state index is 0.0637. The van der Waals surface area contributed by atoms with Crippen molar-refractivity contribution in [3.05, 3.63) is 82.9 Å². The first-order valence-corrected chi connectivity index (χ1v) is 9.87. The summed E-state index contributed by atoms with van der Waals surface area (Å²) in [6.07, 6.45) is -6.80. The van der Waals surface area contributed by atoms with E-state index in [0.717, 1.165) is 23.8 Å². The third-order valence-electron chi connectivity index (χ3n) is 4.93. The molecule has 7 nitrogen and oxygen atoms in total. The number of carboxylic acid groups (broad SMARTS) is 1. The van der Waals surface area contributed by atoms with Crippen LogP contribution in [0.5, 0.6) is 23.0 Å². The molecule has 10 heteroatoms. The molecule has 0 aromatic heterocycles. The summed E-state index contributed by atoms with van der Waals surface area (Å²) in [6, 6.07) is 15.3. The van der Waals surface area contributed by atoms with E-state index in [9.17, 15) is 28.3 Å². The standard InChI is InChI=1S/C24H16F3NO6/c25-24(26,27)18-4-2-1-3-17(18)22(23(29)30)34-20-10-16(7-6-15(20)11-28)31-12-14-5-8-19-21(9-14)33-13-32-19/h1-10,22H,12-13H2,(H,29,30)/t22-/m0/s1. The number of ether oxygens (including phenoxy) is 4. The molecule has 3 aromatic rings. The Morgan fingerprint density at radius 2 is 1.85 bits per heavy atom. The Labute approximate surface area is 191 Å². The predicted octanol–water partition coefficient (Wildman–Crippen LogP) is 5.09. The lowest BCUT2D eigenvalue weighted by molar-refractivity contribution is -0.147. The molecule has 0 spiro atoms. The minimum Gasteiger partial charge on any atom is -0.489 e. The van der Waals surface area contributed by atoms with Gasteiger partial charge in [0.05, 0.1) is 11.1 Å². The fraction of sp³-hybridized carbons (Fsp3) is 0.167. The fourth-order valence-corrected chi connectivity index (χ4v) is 3.34. The predicted molar refractivity (Wildman–Crippen MR) is 111 cm³/mol. The summed E-state index contributed by atoms with van der Waals surface area (Å²) in [7, 11) is 0. The van der Waals surface area contributed by atoms with Gasteiger partial charge in [-0.05, 0) is 35.9 Å². The molecule has 34 heavy (non-hydrogen) atoms. The van der Waals surface area contributed by atoms with Crippen molar-refractivity contribution in [3.8, 4) is 29.1 Å². The average molecular weight is 471 g/mol. The lowest BCUT2D eigenvalue weighted by atomic mass is 10.0. The molecular formula is C24H16F3NO6. The lowest BCUT2D eigenvalue weighted by Crippen LogP contribution is -2.22. The molecule has 1 aliphatic heterocycles. The van der Waals surface area contributed by atoms with Gasteiger partial charge in [0.2, 0.25) is 12.9 Å². The van der Waals surface area contributed by atoms with Gasteiger partial charge < -0.3 is 24.1 Å². The molecule has 0 radical (unpaired) electrons. The number of aliphatic carboxylic acids is 1. The molecule has 0 bridgehead atoms. The van der Waals surface area contributed by atoms with E-state index < -0.39 is 29.4 Å². The summed E-state index contributed by atoms with van der Waals surface area (Å²) >= 11 is 0. The van der Waals surface area contributed by atoms with Gasteiger partial charge in [0.15, 0.2) is 11.5 Å². The van der Waals surface area contributed by atoms with E-state index in [-0.39, 0.29) is 30.5 Å². The van der Waals surface area contributed by atoms with E-state index in [1.807, 2.05) is 6.07 Å². The van der Waals surface area contributed by atoms with Gasteiger partial charge >= 0.3 is 12.1 Å². The molecule has 0 amide bonds. The van der Waals surface area contributed by atoms with Gasteiger partial charge in [0.25, 0.3) is 0 Å². The fourth-order valence-electron chi connectivity index (χ4n) is 3.34. The number of fused-ring (bicyclic) bond motifs is 1. The molecule has 0 fully saturated rings. The second-order valence-electron chi connectivity index (χ2n) is 7.17. The Balaban J connectivity index is 1.59. The summed E-state index contributed by atoms with van der Waals surface area (Å²) in [6.45, 7) is 0.222. The number of carboxylic acids is 1. The highest BCUT2D eigenvalue weighted by Crippen LogP contribution is 2.37.